The zero-order valence-electron chi connectivity index (χ0n) is 12.0. The lowest BCUT2D eigenvalue weighted by molar-refractivity contribution is -0.138. The highest BCUT2D eigenvalue weighted by Gasteiger charge is 2.31. The van der Waals surface area contributed by atoms with Crippen LogP contribution in [0.5, 0.6) is 0 Å². The zero-order chi connectivity index (χ0) is 15.5. The summed E-state index contributed by atoms with van der Waals surface area (Å²) in [4.78, 5) is 2.13. The highest BCUT2D eigenvalue weighted by molar-refractivity contribution is 6.31. The van der Waals surface area contributed by atoms with Crippen LogP contribution in [-0.4, -0.2) is 37.3 Å². The summed E-state index contributed by atoms with van der Waals surface area (Å²) in [6.45, 7) is 5.04. The quantitative estimate of drug-likeness (QED) is 0.904. The van der Waals surface area contributed by atoms with Crippen LogP contribution >= 0.6 is 11.6 Å². The molecule has 2 nitrogen and oxygen atoms in total. The number of hydrogen-bond acceptors (Lipinski definition) is 2. The predicted molar refractivity (Wildman–Crippen MR) is 78.7 cm³/mol. The van der Waals surface area contributed by atoms with Crippen molar-refractivity contribution in [2.24, 2.45) is 0 Å². The van der Waals surface area contributed by atoms with Gasteiger partial charge in [-0.05, 0) is 30.5 Å². The number of alkyl halides is 3. The van der Waals surface area contributed by atoms with Crippen LogP contribution in [0.2, 0.25) is 5.02 Å². The molecule has 0 aliphatic carbocycles. The van der Waals surface area contributed by atoms with E-state index in [0.29, 0.717) is 5.02 Å². The molecule has 1 aromatic rings. The molecular weight excluding hydrogens is 301 g/mol. The minimum atomic E-state index is -4.12. The van der Waals surface area contributed by atoms with E-state index in [1.54, 1.807) is 6.07 Å². The van der Waals surface area contributed by atoms with E-state index >= 15 is 0 Å². The number of nitrogens with one attached hydrogen (secondary N) is 1. The SMILES string of the molecule is Cc1cc([C@H](CCC(F)(F)F)N2CCNCC2)ccc1Cl. The Morgan fingerprint density at radius 1 is 1.29 bits per heavy atom. The number of halogens is 4. The molecule has 1 atom stereocenters. The van der Waals surface area contributed by atoms with Crippen LogP contribution in [0.3, 0.4) is 0 Å². The standard InChI is InChI=1S/C15H20ClF3N2/c1-11-10-12(2-3-13(11)16)14(4-5-15(17,18)19)21-8-6-20-7-9-21/h2-3,10,14,20H,4-9H2,1H3/t14-/m0/s1. The van der Waals surface area contributed by atoms with Crippen LogP contribution in [0.15, 0.2) is 18.2 Å². The summed E-state index contributed by atoms with van der Waals surface area (Å²) in [6.07, 6.45) is -4.79. The summed E-state index contributed by atoms with van der Waals surface area (Å²) in [7, 11) is 0. The van der Waals surface area contributed by atoms with Crippen molar-refractivity contribution in [1.82, 2.24) is 10.2 Å². The molecule has 118 valence electrons. The lowest BCUT2D eigenvalue weighted by Gasteiger charge is -2.35. The van der Waals surface area contributed by atoms with E-state index in [1.165, 1.54) is 0 Å². The van der Waals surface area contributed by atoms with Crippen LogP contribution < -0.4 is 5.32 Å². The van der Waals surface area contributed by atoms with Gasteiger partial charge >= 0.3 is 6.18 Å². The fraction of sp³-hybridized carbons (Fsp3) is 0.600. The molecule has 6 heteroatoms. The average molecular weight is 321 g/mol. The van der Waals surface area contributed by atoms with Crippen molar-refractivity contribution in [1.29, 1.82) is 0 Å². The van der Waals surface area contributed by atoms with E-state index in [1.807, 2.05) is 19.1 Å². The molecule has 2 rings (SSSR count). The van der Waals surface area contributed by atoms with E-state index in [0.717, 1.165) is 37.3 Å². The summed E-state index contributed by atoms with van der Waals surface area (Å²) in [5.41, 5.74) is 1.82. The van der Waals surface area contributed by atoms with Crippen molar-refractivity contribution in [2.45, 2.75) is 32.0 Å². The maximum Gasteiger partial charge on any atom is 0.389 e. The summed E-state index contributed by atoms with van der Waals surface area (Å²) in [6, 6.07) is 5.32. The number of benzene rings is 1. The molecule has 1 N–H and O–H groups in total. The van der Waals surface area contributed by atoms with Crippen LogP contribution in [0, 0.1) is 6.92 Å². The van der Waals surface area contributed by atoms with Gasteiger partial charge in [-0.1, -0.05) is 23.7 Å². The number of aryl methyl sites for hydroxylation is 1. The van der Waals surface area contributed by atoms with Crippen LogP contribution in [0.4, 0.5) is 13.2 Å². The highest BCUT2D eigenvalue weighted by Crippen LogP contribution is 2.33. The lowest BCUT2D eigenvalue weighted by Crippen LogP contribution is -2.45. The topological polar surface area (TPSA) is 15.3 Å². The molecule has 0 bridgehead atoms. The van der Waals surface area contributed by atoms with Crippen LogP contribution in [0.25, 0.3) is 0 Å². The lowest BCUT2D eigenvalue weighted by atomic mass is 9.98. The van der Waals surface area contributed by atoms with Crippen molar-refractivity contribution in [3.63, 3.8) is 0 Å². The van der Waals surface area contributed by atoms with Crippen molar-refractivity contribution in [3.8, 4) is 0 Å². The first-order valence-corrected chi connectivity index (χ1v) is 7.52. The van der Waals surface area contributed by atoms with Gasteiger partial charge in [-0.3, -0.25) is 4.90 Å². The molecule has 0 aromatic heterocycles. The minimum absolute atomic E-state index is 0.0879. The molecular formula is C15H20ClF3N2. The predicted octanol–water partition coefficient (Wildman–Crippen LogP) is 3.94. The molecule has 1 fully saturated rings. The van der Waals surface area contributed by atoms with Crippen molar-refractivity contribution in [2.75, 3.05) is 26.2 Å². The van der Waals surface area contributed by atoms with E-state index in [9.17, 15) is 13.2 Å². The molecule has 0 unspecified atom stereocenters. The smallest absolute Gasteiger partial charge is 0.314 e. The zero-order valence-corrected chi connectivity index (χ0v) is 12.8. The largest absolute Gasteiger partial charge is 0.389 e. The monoisotopic (exact) mass is 320 g/mol. The van der Waals surface area contributed by atoms with Gasteiger partial charge in [0, 0.05) is 43.7 Å². The average Bonchev–Trinajstić information content (AvgIpc) is 2.43. The summed E-state index contributed by atoms with van der Waals surface area (Å²) >= 11 is 6.02. The molecule has 0 amide bonds. The molecule has 1 heterocycles. The summed E-state index contributed by atoms with van der Waals surface area (Å²) in [5, 5.41) is 3.88. The van der Waals surface area contributed by atoms with Gasteiger partial charge in [0.05, 0.1) is 0 Å². The number of piperazine rings is 1. The second-order valence-corrected chi connectivity index (χ2v) is 5.87. The third-order valence-corrected chi connectivity index (χ3v) is 4.28. The maximum atomic E-state index is 12.6. The normalized spacial score (nSPS) is 18.7. The van der Waals surface area contributed by atoms with E-state index < -0.39 is 12.6 Å². The first-order chi connectivity index (χ1) is 9.87. The second kappa shape index (κ2) is 6.99. The Kier molecular flexibility index (Phi) is 5.52. The highest BCUT2D eigenvalue weighted by atomic mass is 35.5. The Morgan fingerprint density at radius 3 is 2.52 bits per heavy atom. The Balaban J connectivity index is 2.18. The molecule has 1 aliphatic heterocycles. The van der Waals surface area contributed by atoms with Gasteiger partial charge in [-0.2, -0.15) is 13.2 Å². The molecule has 0 spiro atoms. The third-order valence-electron chi connectivity index (χ3n) is 3.86. The van der Waals surface area contributed by atoms with Crippen molar-refractivity contribution in [3.05, 3.63) is 34.3 Å². The van der Waals surface area contributed by atoms with Crippen LogP contribution in [0.1, 0.15) is 30.0 Å². The van der Waals surface area contributed by atoms with E-state index in [4.69, 9.17) is 11.6 Å². The molecule has 1 saturated heterocycles. The van der Waals surface area contributed by atoms with Gasteiger partial charge < -0.3 is 5.32 Å². The first kappa shape index (κ1) is 16.6. The fourth-order valence-electron chi connectivity index (χ4n) is 2.73. The van der Waals surface area contributed by atoms with Crippen molar-refractivity contribution < 1.29 is 13.2 Å². The number of hydrogen-bond donors (Lipinski definition) is 1. The number of rotatable bonds is 4. The second-order valence-electron chi connectivity index (χ2n) is 5.46. The van der Waals surface area contributed by atoms with E-state index in [-0.39, 0.29) is 12.5 Å². The molecule has 1 aromatic carbocycles. The fourth-order valence-corrected chi connectivity index (χ4v) is 2.85. The van der Waals surface area contributed by atoms with Gasteiger partial charge in [-0.25, -0.2) is 0 Å². The molecule has 21 heavy (non-hydrogen) atoms. The van der Waals surface area contributed by atoms with Gasteiger partial charge in [0.25, 0.3) is 0 Å². The Hall–Kier alpha value is -0.780. The van der Waals surface area contributed by atoms with Gasteiger partial charge in [0.15, 0.2) is 0 Å². The molecule has 0 saturated carbocycles. The summed E-state index contributed by atoms with van der Waals surface area (Å²) in [5.74, 6) is 0. The van der Waals surface area contributed by atoms with E-state index in [2.05, 4.69) is 10.2 Å². The molecule has 1 aliphatic rings. The Bertz CT molecular complexity index is 470. The van der Waals surface area contributed by atoms with Gasteiger partial charge in [0.1, 0.15) is 0 Å². The molecule has 0 radical (unpaired) electrons. The third kappa shape index (κ3) is 4.87. The Labute approximate surface area is 128 Å². The van der Waals surface area contributed by atoms with Crippen molar-refractivity contribution >= 4 is 11.6 Å². The maximum absolute atomic E-state index is 12.6. The van der Waals surface area contributed by atoms with Gasteiger partial charge in [0.2, 0.25) is 0 Å². The number of nitrogens with zero attached hydrogens (tertiary/aromatic N) is 1. The minimum Gasteiger partial charge on any atom is -0.314 e. The first-order valence-electron chi connectivity index (χ1n) is 7.14. The summed E-state index contributed by atoms with van der Waals surface area (Å²) < 4.78 is 37.8. The Morgan fingerprint density at radius 2 is 1.95 bits per heavy atom. The van der Waals surface area contributed by atoms with Gasteiger partial charge in [-0.15, -0.1) is 0 Å². The van der Waals surface area contributed by atoms with Crippen LogP contribution in [-0.2, 0) is 0 Å².